The molecule has 0 unspecified atom stereocenters. The fourth-order valence-corrected chi connectivity index (χ4v) is 3.39. The largest absolute Gasteiger partial charge is 0.549 e. The predicted octanol–water partition coefficient (Wildman–Crippen LogP) is 2.83. The lowest BCUT2D eigenvalue weighted by molar-refractivity contribution is -0.304. The molecular weight excluding hydrogens is 374 g/mol. The van der Waals surface area contributed by atoms with E-state index < -0.39 is 11.2 Å². The summed E-state index contributed by atoms with van der Waals surface area (Å²) < 4.78 is 7.18. The van der Waals surface area contributed by atoms with Crippen LogP contribution in [0.3, 0.4) is 0 Å². The van der Waals surface area contributed by atoms with E-state index in [-0.39, 0.29) is 0 Å². The number of nitrogens with zero attached hydrogens (tertiary/aromatic N) is 3. The first-order valence-corrected chi connectivity index (χ1v) is 8.99. The zero-order chi connectivity index (χ0) is 18.7. The molecule has 0 radical (unpaired) electrons. The van der Waals surface area contributed by atoms with Crippen LogP contribution in [0.2, 0.25) is 5.02 Å². The molecule has 6 nitrogen and oxygen atoms in total. The zero-order valence-electron chi connectivity index (χ0n) is 14.0. The number of carboxylic acid groups (broad SMARTS) is 1. The highest BCUT2D eigenvalue weighted by molar-refractivity contribution is 8.00. The third-order valence-electron chi connectivity index (χ3n) is 3.66. The zero-order valence-corrected chi connectivity index (χ0v) is 15.6. The molecule has 2 aromatic carbocycles. The third kappa shape index (κ3) is 3.68. The molecule has 3 aromatic rings. The quantitative estimate of drug-likeness (QED) is 0.604. The smallest absolute Gasteiger partial charge is 0.196 e. The topological polar surface area (TPSA) is 80.1 Å². The Morgan fingerprint density at radius 2 is 2.00 bits per heavy atom. The molecule has 0 aliphatic rings. The summed E-state index contributed by atoms with van der Waals surface area (Å²) in [5.74, 6) is -0.0140. The summed E-state index contributed by atoms with van der Waals surface area (Å²) >= 11 is 7.19. The van der Waals surface area contributed by atoms with E-state index in [2.05, 4.69) is 10.2 Å². The van der Waals surface area contributed by atoms with E-state index >= 15 is 0 Å². The minimum atomic E-state index is -1.17. The highest BCUT2D eigenvalue weighted by Crippen LogP contribution is 2.34. The van der Waals surface area contributed by atoms with E-state index in [9.17, 15) is 9.90 Å². The number of aromatic nitrogens is 3. The standard InChI is InChI=1S/C18H16ClN3O3S/c1-11(17(23)24)26-18-21-20-16(14-8-3-4-9-15(14)25-2)22(18)13-7-5-6-12(19)10-13/h3-11H,1-2H3,(H,23,24)/p-1/t11-/m0/s1. The van der Waals surface area contributed by atoms with Crippen LogP contribution in [0.25, 0.3) is 17.1 Å². The second-order valence-corrected chi connectivity index (χ2v) is 7.15. The van der Waals surface area contributed by atoms with Crippen molar-refractivity contribution in [1.82, 2.24) is 14.8 Å². The minimum absolute atomic E-state index is 0.421. The van der Waals surface area contributed by atoms with Gasteiger partial charge in [-0.1, -0.05) is 41.6 Å². The van der Waals surface area contributed by atoms with Crippen LogP contribution in [0.5, 0.6) is 5.75 Å². The molecule has 0 fully saturated rings. The van der Waals surface area contributed by atoms with Crippen LogP contribution in [0.4, 0.5) is 0 Å². The Hall–Kier alpha value is -2.51. The van der Waals surface area contributed by atoms with E-state index in [1.165, 1.54) is 0 Å². The van der Waals surface area contributed by atoms with Gasteiger partial charge in [-0.15, -0.1) is 10.2 Å². The average molecular weight is 389 g/mol. The van der Waals surface area contributed by atoms with Gasteiger partial charge in [-0.3, -0.25) is 4.57 Å². The number of carboxylic acids is 1. The van der Waals surface area contributed by atoms with Crippen molar-refractivity contribution in [2.75, 3.05) is 7.11 Å². The second-order valence-electron chi connectivity index (χ2n) is 5.40. The van der Waals surface area contributed by atoms with Gasteiger partial charge in [0.15, 0.2) is 11.0 Å². The maximum Gasteiger partial charge on any atom is 0.196 e. The van der Waals surface area contributed by atoms with Gasteiger partial charge in [0.25, 0.3) is 0 Å². The highest BCUT2D eigenvalue weighted by Gasteiger charge is 2.21. The van der Waals surface area contributed by atoms with Crippen LogP contribution >= 0.6 is 23.4 Å². The van der Waals surface area contributed by atoms with Crippen LogP contribution in [0, 0.1) is 0 Å². The van der Waals surface area contributed by atoms with Crippen LogP contribution in [0.1, 0.15) is 6.92 Å². The molecule has 0 bridgehead atoms. The van der Waals surface area contributed by atoms with Crippen LogP contribution < -0.4 is 9.84 Å². The molecule has 0 saturated heterocycles. The lowest BCUT2D eigenvalue weighted by atomic mass is 10.2. The van der Waals surface area contributed by atoms with Gasteiger partial charge in [-0.25, -0.2) is 0 Å². The van der Waals surface area contributed by atoms with Crippen molar-refractivity contribution in [3.63, 3.8) is 0 Å². The Labute approximate surface area is 159 Å². The second kappa shape index (κ2) is 7.80. The fraction of sp³-hybridized carbons (Fsp3) is 0.167. The Morgan fingerprint density at radius 3 is 2.69 bits per heavy atom. The predicted molar refractivity (Wildman–Crippen MR) is 98.7 cm³/mol. The van der Waals surface area contributed by atoms with Crippen molar-refractivity contribution in [1.29, 1.82) is 0 Å². The first-order chi connectivity index (χ1) is 12.5. The molecule has 0 aliphatic carbocycles. The number of carbonyl (C=O) groups is 1. The Bertz CT molecular complexity index is 945. The summed E-state index contributed by atoms with van der Waals surface area (Å²) in [6.07, 6.45) is 0. The Morgan fingerprint density at radius 1 is 1.23 bits per heavy atom. The van der Waals surface area contributed by atoms with Gasteiger partial charge in [0.05, 0.1) is 24.3 Å². The minimum Gasteiger partial charge on any atom is -0.549 e. The number of hydrogen-bond donors (Lipinski definition) is 0. The van der Waals surface area contributed by atoms with Crippen molar-refractivity contribution in [2.24, 2.45) is 0 Å². The fourth-order valence-electron chi connectivity index (χ4n) is 2.40. The molecule has 26 heavy (non-hydrogen) atoms. The van der Waals surface area contributed by atoms with Gasteiger partial charge in [-0.05, 0) is 37.3 Å². The molecule has 0 amide bonds. The number of benzene rings is 2. The summed E-state index contributed by atoms with van der Waals surface area (Å²) in [4.78, 5) is 11.2. The number of thioether (sulfide) groups is 1. The van der Waals surface area contributed by atoms with Gasteiger partial charge in [0, 0.05) is 10.3 Å². The van der Waals surface area contributed by atoms with Gasteiger partial charge < -0.3 is 14.6 Å². The summed E-state index contributed by atoms with van der Waals surface area (Å²) in [7, 11) is 1.58. The summed E-state index contributed by atoms with van der Waals surface area (Å²) in [5.41, 5.74) is 1.45. The van der Waals surface area contributed by atoms with E-state index in [4.69, 9.17) is 16.3 Å². The lowest BCUT2D eigenvalue weighted by Crippen LogP contribution is -2.31. The molecule has 0 aliphatic heterocycles. The van der Waals surface area contributed by atoms with Gasteiger partial charge in [-0.2, -0.15) is 0 Å². The maximum absolute atomic E-state index is 11.2. The Kier molecular flexibility index (Phi) is 5.49. The lowest BCUT2D eigenvalue weighted by Gasteiger charge is -2.15. The van der Waals surface area contributed by atoms with Gasteiger partial charge in [0.1, 0.15) is 5.75 Å². The van der Waals surface area contributed by atoms with E-state index in [0.717, 1.165) is 23.0 Å². The van der Waals surface area contributed by atoms with Gasteiger partial charge >= 0.3 is 0 Å². The van der Waals surface area contributed by atoms with E-state index in [1.54, 1.807) is 36.8 Å². The van der Waals surface area contributed by atoms with E-state index in [0.29, 0.717) is 21.8 Å². The first-order valence-electron chi connectivity index (χ1n) is 7.73. The van der Waals surface area contributed by atoms with Gasteiger partial charge in [0.2, 0.25) is 0 Å². The molecular formula is C18H15ClN3O3S-. The van der Waals surface area contributed by atoms with Crippen molar-refractivity contribution in [2.45, 2.75) is 17.3 Å². The normalized spacial score (nSPS) is 12.0. The molecule has 1 aromatic heterocycles. The molecule has 1 heterocycles. The maximum atomic E-state index is 11.2. The van der Waals surface area contributed by atoms with Crippen LogP contribution in [-0.2, 0) is 4.79 Å². The number of carbonyl (C=O) groups excluding carboxylic acids is 1. The number of methoxy groups -OCH3 is 1. The number of hydrogen-bond acceptors (Lipinski definition) is 6. The van der Waals surface area contributed by atoms with Crippen LogP contribution in [0.15, 0.2) is 53.7 Å². The number of para-hydroxylation sites is 1. The summed E-state index contributed by atoms with van der Waals surface area (Å²) in [6.45, 7) is 1.54. The average Bonchev–Trinajstić information content (AvgIpc) is 3.04. The molecule has 8 heteroatoms. The van der Waals surface area contributed by atoms with Crippen molar-refractivity contribution in [3.05, 3.63) is 53.6 Å². The van der Waals surface area contributed by atoms with Crippen molar-refractivity contribution in [3.8, 4) is 22.8 Å². The highest BCUT2D eigenvalue weighted by atomic mass is 35.5. The summed E-state index contributed by atoms with van der Waals surface area (Å²) in [5, 5.41) is 19.8. The molecule has 0 saturated carbocycles. The number of aliphatic carboxylic acids is 1. The van der Waals surface area contributed by atoms with Crippen molar-refractivity contribution >= 4 is 29.3 Å². The number of ether oxygens (including phenoxy) is 1. The Balaban J connectivity index is 2.19. The molecule has 134 valence electrons. The van der Waals surface area contributed by atoms with Crippen LogP contribution in [-0.4, -0.2) is 33.1 Å². The SMILES string of the molecule is COc1ccccc1-c1nnc(S[C@@H](C)C(=O)[O-])n1-c1cccc(Cl)c1. The number of halogens is 1. The van der Waals surface area contributed by atoms with E-state index in [1.807, 2.05) is 30.3 Å². The third-order valence-corrected chi connectivity index (χ3v) is 4.92. The van der Waals surface area contributed by atoms with Crippen molar-refractivity contribution < 1.29 is 14.6 Å². The molecule has 0 N–H and O–H groups in total. The molecule has 0 spiro atoms. The monoisotopic (exact) mass is 388 g/mol. The molecule has 1 atom stereocenters. The number of rotatable bonds is 6. The first kappa shape index (κ1) is 18.3. The molecule has 3 rings (SSSR count). The summed E-state index contributed by atoms with van der Waals surface area (Å²) in [6, 6.07) is 14.6.